The van der Waals surface area contributed by atoms with Crippen molar-refractivity contribution in [3.63, 3.8) is 0 Å². The van der Waals surface area contributed by atoms with Crippen LogP contribution in [0.2, 0.25) is 0 Å². The molecule has 2 aromatic heterocycles. The third kappa shape index (κ3) is 3.30. The minimum Gasteiger partial charge on any atom is -0.396 e. The molecule has 2 aromatic rings. The van der Waals surface area contributed by atoms with Gasteiger partial charge in [0.25, 0.3) is 5.91 Å². The molecule has 0 radical (unpaired) electrons. The first kappa shape index (κ1) is 14.0. The molecule has 0 aliphatic carbocycles. The SMILES string of the molecule is CC(CCO)CNC(=O)c1cnn2cc(Br)cnc12. The first-order chi connectivity index (χ1) is 9.11. The van der Waals surface area contributed by atoms with Gasteiger partial charge in [-0.05, 0) is 28.3 Å². The fourth-order valence-corrected chi connectivity index (χ4v) is 1.99. The maximum absolute atomic E-state index is 12.0. The Bertz CT molecular complexity index is 584. The van der Waals surface area contributed by atoms with Crippen LogP contribution in [0.25, 0.3) is 5.65 Å². The molecule has 0 spiro atoms. The van der Waals surface area contributed by atoms with Crippen molar-refractivity contribution in [1.82, 2.24) is 19.9 Å². The molecule has 6 nitrogen and oxygen atoms in total. The number of carbonyl (C=O) groups excluding carboxylic acids is 1. The van der Waals surface area contributed by atoms with Crippen LogP contribution in [0.4, 0.5) is 0 Å². The number of carbonyl (C=O) groups is 1. The topological polar surface area (TPSA) is 79.5 Å². The highest BCUT2D eigenvalue weighted by Gasteiger charge is 2.14. The molecule has 0 bridgehead atoms. The summed E-state index contributed by atoms with van der Waals surface area (Å²) in [5.41, 5.74) is 0.971. The predicted octanol–water partition coefficient (Wildman–Crippen LogP) is 1.24. The number of hydrogen-bond acceptors (Lipinski definition) is 4. The van der Waals surface area contributed by atoms with Crippen LogP contribution in [-0.2, 0) is 0 Å². The van der Waals surface area contributed by atoms with Crippen molar-refractivity contribution in [3.05, 3.63) is 28.6 Å². The summed E-state index contributed by atoms with van der Waals surface area (Å²) < 4.78 is 2.35. The van der Waals surface area contributed by atoms with Crippen molar-refractivity contribution in [2.45, 2.75) is 13.3 Å². The zero-order valence-corrected chi connectivity index (χ0v) is 12.1. The Labute approximate surface area is 119 Å². The van der Waals surface area contributed by atoms with E-state index in [4.69, 9.17) is 5.11 Å². The largest absolute Gasteiger partial charge is 0.396 e. The van der Waals surface area contributed by atoms with Crippen LogP contribution in [0.3, 0.4) is 0 Å². The fraction of sp³-hybridized carbons (Fsp3) is 0.417. The van der Waals surface area contributed by atoms with Crippen LogP contribution in [0, 0.1) is 5.92 Å². The number of hydrogen-bond donors (Lipinski definition) is 2. The summed E-state index contributed by atoms with van der Waals surface area (Å²) in [6.45, 7) is 2.62. The van der Waals surface area contributed by atoms with Crippen LogP contribution in [-0.4, -0.2) is 38.8 Å². The average molecular weight is 327 g/mol. The van der Waals surface area contributed by atoms with Crippen LogP contribution < -0.4 is 5.32 Å². The number of aliphatic hydroxyl groups excluding tert-OH is 1. The van der Waals surface area contributed by atoms with Gasteiger partial charge in [-0.3, -0.25) is 4.79 Å². The van der Waals surface area contributed by atoms with Gasteiger partial charge in [-0.15, -0.1) is 0 Å². The number of rotatable bonds is 5. The van der Waals surface area contributed by atoms with E-state index in [1.54, 1.807) is 16.9 Å². The van der Waals surface area contributed by atoms with E-state index in [-0.39, 0.29) is 18.4 Å². The molecule has 2 heterocycles. The highest BCUT2D eigenvalue weighted by molar-refractivity contribution is 9.10. The van der Waals surface area contributed by atoms with E-state index < -0.39 is 0 Å². The van der Waals surface area contributed by atoms with Crippen molar-refractivity contribution < 1.29 is 9.90 Å². The lowest BCUT2D eigenvalue weighted by Gasteiger charge is -2.10. The summed E-state index contributed by atoms with van der Waals surface area (Å²) in [5, 5.41) is 15.7. The molecule has 2 N–H and O–H groups in total. The molecule has 7 heteroatoms. The zero-order chi connectivity index (χ0) is 13.8. The van der Waals surface area contributed by atoms with Crippen molar-refractivity contribution >= 4 is 27.5 Å². The number of fused-ring (bicyclic) bond motifs is 1. The number of aromatic nitrogens is 3. The van der Waals surface area contributed by atoms with Crippen LogP contribution in [0.5, 0.6) is 0 Å². The second kappa shape index (κ2) is 6.12. The van der Waals surface area contributed by atoms with Gasteiger partial charge in [0.1, 0.15) is 5.56 Å². The summed E-state index contributed by atoms with van der Waals surface area (Å²) in [6.07, 6.45) is 5.54. The van der Waals surface area contributed by atoms with Gasteiger partial charge in [0.05, 0.1) is 10.7 Å². The molecule has 1 amide bonds. The Morgan fingerprint density at radius 2 is 2.37 bits per heavy atom. The summed E-state index contributed by atoms with van der Waals surface area (Å²) in [6, 6.07) is 0. The van der Waals surface area contributed by atoms with Crippen molar-refractivity contribution in [2.75, 3.05) is 13.2 Å². The standard InChI is InChI=1S/C12H15BrN4O2/c1-8(2-3-18)4-15-12(19)10-6-16-17-7-9(13)5-14-11(10)17/h5-8,18H,2-4H2,1H3,(H,15,19). The molecule has 0 aromatic carbocycles. The molecule has 0 fully saturated rings. The normalized spacial score (nSPS) is 12.6. The summed E-state index contributed by atoms with van der Waals surface area (Å²) >= 11 is 3.30. The predicted molar refractivity (Wildman–Crippen MR) is 73.9 cm³/mol. The maximum atomic E-state index is 12.0. The Morgan fingerprint density at radius 3 is 3.11 bits per heavy atom. The quantitative estimate of drug-likeness (QED) is 0.866. The smallest absolute Gasteiger partial charge is 0.256 e. The summed E-state index contributed by atoms with van der Waals surface area (Å²) in [5.74, 6) is 0.0347. The molecule has 0 saturated carbocycles. The zero-order valence-electron chi connectivity index (χ0n) is 10.5. The highest BCUT2D eigenvalue weighted by Crippen LogP contribution is 2.12. The molecule has 19 heavy (non-hydrogen) atoms. The molecule has 1 atom stereocenters. The molecule has 2 rings (SSSR count). The van der Waals surface area contributed by atoms with E-state index in [2.05, 4.69) is 31.3 Å². The Hall–Kier alpha value is -1.47. The lowest BCUT2D eigenvalue weighted by molar-refractivity contribution is 0.0947. The molecular weight excluding hydrogens is 312 g/mol. The first-order valence-corrected chi connectivity index (χ1v) is 6.79. The molecule has 1 unspecified atom stereocenters. The van der Waals surface area contributed by atoms with E-state index in [1.807, 2.05) is 6.92 Å². The molecule has 0 aliphatic heterocycles. The van der Waals surface area contributed by atoms with Gasteiger partial charge < -0.3 is 10.4 Å². The lowest BCUT2D eigenvalue weighted by atomic mass is 10.1. The van der Waals surface area contributed by atoms with Crippen molar-refractivity contribution in [1.29, 1.82) is 0 Å². The minimum absolute atomic E-state index is 0.128. The summed E-state index contributed by atoms with van der Waals surface area (Å²) in [4.78, 5) is 16.2. The van der Waals surface area contributed by atoms with Crippen LogP contribution in [0.15, 0.2) is 23.1 Å². The minimum atomic E-state index is -0.199. The molecule has 0 aliphatic rings. The Kier molecular flexibility index (Phi) is 4.49. The number of amides is 1. The monoisotopic (exact) mass is 326 g/mol. The lowest BCUT2D eigenvalue weighted by Crippen LogP contribution is -2.28. The second-order valence-electron chi connectivity index (χ2n) is 4.43. The van der Waals surface area contributed by atoms with Crippen molar-refractivity contribution in [3.8, 4) is 0 Å². The fourth-order valence-electron chi connectivity index (χ4n) is 1.70. The van der Waals surface area contributed by atoms with E-state index in [9.17, 15) is 4.79 Å². The van der Waals surface area contributed by atoms with Gasteiger partial charge in [0, 0.05) is 25.5 Å². The summed E-state index contributed by atoms with van der Waals surface area (Å²) in [7, 11) is 0. The van der Waals surface area contributed by atoms with E-state index in [0.717, 1.165) is 4.47 Å². The number of aliphatic hydroxyl groups is 1. The molecule has 102 valence electrons. The Morgan fingerprint density at radius 1 is 1.58 bits per heavy atom. The average Bonchev–Trinajstić information content (AvgIpc) is 2.79. The van der Waals surface area contributed by atoms with Gasteiger partial charge in [-0.25, -0.2) is 9.50 Å². The molecule has 0 saturated heterocycles. The maximum Gasteiger partial charge on any atom is 0.256 e. The van der Waals surface area contributed by atoms with Crippen LogP contribution >= 0.6 is 15.9 Å². The third-order valence-electron chi connectivity index (χ3n) is 2.80. The Balaban J connectivity index is 2.09. The van der Waals surface area contributed by atoms with E-state index in [0.29, 0.717) is 24.2 Å². The highest BCUT2D eigenvalue weighted by atomic mass is 79.9. The second-order valence-corrected chi connectivity index (χ2v) is 5.34. The van der Waals surface area contributed by atoms with Gasteiger partial charge in [0.2, 0.25) is 0 Å². The van der Waals surface area contributed by atoms with Gasteiger partial charge in [0.15, 0.2) is 5.65 Å². The third-order valence-corrected chi connectivity index (χ3v) is 3.21. The van der Waals surface area contributed by atoms with Gasteiger partial charge in [-0.1, -0.05) is 6.92 Å². The van der Waals surface area contributed by atoms with Gasteiger partial charge >= 0.3 is 0 Å². The molecular formula is C12H15BrN4O2. The van der Waals surface area contributed by atoms with Crippen LogP contribution in [0.1, 0.15) is 23.7 Å². The number of nitrogens with zero attached hydrogens (tertiary/aromatic N) is 3. The number of nitrogens with one attached hydrogen (secondary N) is 1. The van der Waals surface area contributed by atoms with E-state index >= 15 is 0 Å². The number of halogens is 1. The van der Waals surface area contributed by atoms with Gasteiger partial charge in [-0.2, -0.15) is 5.10 Å². The van der Waals surface area contributed by atoms with E-state index in [1.165, 1.54) is 6.20 Å². The first-order valence-electron chi connectivity index (χ1n) is 5.99. The van der Waals surface area contributed by atoms with Crippen molar-refractivity contribution in [2.24, 2.45) is 5.92 Å².